The molecule has 0 aromatic heterocycles. The lowest BCUT2D eigenvalue weighted by molar-refractivity contribution is -0.0404. The Kier molecular flexibility index (Phi) is 4.32. The Morgan fingerprint density at radius 1 is 1.11 bits per heavy atom. The van der Waals surface area contributed by atoms with Crippen molar-refractivity contribution in [3.8, 4) is 0 Å². The Morgan fingerprint density at radius 2 is 1.79 bits per heavy atom. The quantitative estimate of drug-likeness (QED) is 0.829. The number of likely N-dealkylation sites (tertiary alicyclic amines) is 1. The van der Waals surface area contributed by atoms with Gasteiger partial charge in [-0.2, -0.15) is 0 Å². The summed E-state index contributed by atoms with van der Waals surface area (Å²) < 4.78 is 0. The lowest BCUT2D eigenvalue weighted by Gasteiger charge is -2.55. The van der Waals surface area contributed by atoms with Crippen LogP contribution in [0.15, 0.2) is 0 Å². The molecular formula is C17H34N2. The minimum absolute atomic E-state index is 0.273. The van der Waals surface area contributed by atoms with Crippen LogP contribution < -0.4 is 5.73 Å². The van der Waals surface area contributed by atoms with Crippen LogP contribution in [0.2, 0.25) is 0 Å². The molecule has 0 spiro atoms. The molecule has 2 rings (SSSR count). The standard InChI is InChI=1S/C17H34N2/c1-13-8-16(4,5)11-17(9-13,12-18)19-7-6-14(2)15(3)10-19/h13-15H,6-12,18H2,1-5H3. The largest absolute Gasteiger partial charge is 0.329 e. The van der Waals surface area contributed by atoms with Crippen LogP contribution in [0, 0.1) is 23.2 Å². The zero-order chi connectivity index (χ0) is 14.3. The van der Waals surface area contributed by atoms with E-state index in [1.807, 2.05) is 0 Å². The van der Waals surface area contributed by atoms with Gasteiger partial charge in [0.15, 0.2) is 0 Å². The van der Waals surface area contributed by atoms with Gasteiger partial charge in [-0.05, 0) is 55.4 Å². The fraction of sp³-hybridized carbons (Fsp3) is 1.00. The summed E-state index contributed by atoms with van der Waals surface area (Å²) in [6, 6.07) is 0. The van der Waals surface area contributed by atoms with Crippen molar-refractivity contribution in [3.05, 3.63) is 0 Å². The molecule has 2 fully saturated rings. The van der Waals surface area contributed by atoms with Gasteiger partial charge in [-0.1, -0.05) is 34.6 Å². The Hall–Kier alpha value is -0.0800. The molecule has 1 aliphatic carbocycles. The first-order valence-corrected chi connectivity index (χ1v) is 8.23. The summed E-state index contributed by atoms with van der Waals surface area (Å²) in [7, 11) is 0. The molecule has 4 unspecified atom stereocenters. The van der Waals surface area contributed by atoms with Gasteiger partial charge in [0.1, 0.15) is 0 Å². The lowest BCUT2D eigenvalue weighted by Crippen LogP contribution is -2.61. The van der Waals surface area contributed by atoms with Crippen LogP contribution in [-0.4, -0.2) is 30.1 Å². The summed E-state index contributed by atoms with van der Waals surface area (Å²) in [6.07, 6.45) is 5.28. The molecule has 0 bridgehead atoms. The van der Waals surface area contributed by atoms with E-state index >= 15 is 0 Å². The molecule has 0 radical (unpaired) electrons. The highest BCUT2D eigenvalue weighted by Crippen LogP contribution is 2.47. The summed E-state index contributed by atoms with van der Waals surface area (Å²) in [5.41, 5.74) is 7.01. The highest BCUT2D eigenvalue weighted by Gasteiger charge is 2.46. The molecule has 1 aliphatic heterocycles. The van der Waals surface area contributed by atoms with Gasteiger partial charge >= 0.3 is 0 Å². The average molecular weight is 266 g/mol. The number of nitrogens with zero attached hydrogens (tertiary/aromatic N) is 1. The van der Waals surface area contributed by atoms with Crippen LogP contribution in [-0.2, 0) is 0 Å². The molecule has 2 heteroatoms. The van der Waals surface area contributed by atoms with Crippen molar-refractivity contribution in [2.45, 2.75) is 65.8 Å². The maximum absolute atomic E-state index is 6.29. The van der Waals surface area contributed by atoms with Crippen LogP contribution in [0.1, 0.15) is 60.3 Å². The monoisotopic (exact) mass is 266 g/mol. The lowest BCUT2D eigenvalue weighted by atomic mass is 9.63. The maximum atomic E-state index is 6.29. The van der Waals surface area contributed by atoms with E-state index < -0.39 is 0 Å². The summed E-state index contributed by atoms with van der Waals surface area (Å²) in [6.45, 7) is 15.4. The van der Waals surface area contributed by atoms with E-state index in [1.165, 1.54) is 38.8 Å². The molecule has 1 heterocycles. The number of hydrogen-bond acceptors (Lipinski definition) is 2. The average Bonchev–Trinajstić information content (AvgIpc) is 2.30. The first kappa shape index (κ1) is 15.3. The molecule has 1 saturated carbocycles. The minimum atomic E-state index is 0.273. The second kappa shape index (κ2) is 5.37. The summed E-state index contributed by atoms with van der Waals surface area (Å²) in [4.78, 5) is 2.76. The molecular weight excluding hydrogens is 232 g/mol. The number of nitrogens with two attached hydrogens (primary N) is 1. The SMILES string of the molecule is CC1CC(C)(C)CC(CN)(N2CCC(C)C(C)C2)C1. The molecule has 0 aromatic carbocycles. The molecule has 0 amide bonds. The molecule has 2 aliphatic rings. The fourth-order valence-electron chi connectivity index (χ4n) is 4.92. The van der Waals surface area contributed by atoms with Gasteiger partial charge < -0.3 is 5.73 Å². The second-order valence-electron chi connectivity index (χ2n) is 8.47. The molecule has 2 nitrogen and oxygen atoms in total. The van der Waals surface area contributed by atoms with Gasteiger partial charge in [0, 0.05) is 18.6 Å². The highest BCUT2D eigenvalue weighted by atomic mass is 15.2. The van der Waals surface area contributed by atoms with E-state index in [1.54, 1.807) is 0 Å². The molecule has 2 N–H and O–H groups in total. The summed E-state index contributed by atoms with van der Waals surface area (Å²) >= 11 is 0. The van der Waals surface area contributed by atoms with Gasteiger partial charge in [-0.25, -0.2) is 0 Å². The van der Waals surface area contributed by atoms with E-state index in [0.717, 1.165) is 24.3 Å². The van der Waals surface area contributed by atoms with Crippen LogP contribution in [0.4, 0.5) is 0 Å². The van der Waals surface area contributed by atoms with Crippen LogP contribution >= 0.6 is 0 Å². The van der Waals surface area contributed by atoms with Crippen molar-refractivity contribution in [1.82, 2.24) is 4.90 Å². The Morgan fingerprint density at radius 3 is 2.32 bits per heavy atom. The molecule has 1 saturated heterocycles. The van der Waals surface area contributed by atoms with E-state index in [4.69, 9.17) is 5.73 Å². The van der Waals surface area contributed by atoms with E-state index in [2.05, 4.69) is 39.5 Å². The van der Waals surface area contributed by atoms with Crippen molar-refractivity contribution in [2.24, 2.45) is 28.9 Å². The van der Waals surface area contributed by atoms with Gasteiger partial charge in [-0.15, -0.1) is 0 Å². The zero-order valence-corrected chi connectivity index (χ0v) is 13.7. The highest BCUT2D eigenvalue weighted by molar-refractivity contribution is 5.02. The first-order valence-electron chi connectivity index (χ1n) is 8.23. The van der Waals surface area contributed by atoms with Crippen molar-refractivity contribution in [3.63, 3.8) is 0 Å². The van der Waals surface area contributed by atoms with Crippen molar-refractivity contribution in [1.29, 1.82) is 0 Å². The third-order valence-electron chi connectivity index (χ3n) is 5.82. The van der Waals surface area contributed by atoms with Gasteiger partial charge in [-0.3, -0.25) is 4.90 Å². The number of hydrogen-bond donors (Lipinski definition) is 1. The van der Waals surface area contributed by atoms with Crippen molar-refractivity contribution >= 4 is 0 Å². The third kappa shape index (κ3) is 3.16. The first-order chi connectivity index (χ1) is 8.78. The predicted octanol–water partition coefficient (Wildman–Crippen LogP) is 3.51. The minimum Gasteiger partial charge on any atom is -0.329 e. The van der Waals surface area contributed by atoms with Crippen molar-refractivity contribution < 1.29 is 0 Å². The topological polar surface area (TPSA) is 29.3 Å². The van der Waals surface area contributed by atoms with E-state index in [0.29, 0.717) is 5.41 Å². The fourth-order valence-corrected chi connectivity index (χ4v) is 4.92. The Balaban J connectivity index is 2.17. The normalized spacial score (nSPS) is 44.2. The maximum Gasteiger partial charge on any atom is 0.0339 e. The molecule has 112 valence electrons. The van der Waals surface area contributed by atoms with Gasteiger partial charge in [0.2, 0.25) is 0 Å². The third-order valence-corrected chi connectivity index (χ3v) is 5.82. The summed E-state index contributed by atoms with van der Waals surface area (Å²) in [5, 5.41) is 0. The zero-order valence-electron chi connectivity index (χ0n) is 13.7. The smallest absolute Gasteiger partial charge is 0.0339 e. The van der Waals surface area contributed by atoms with Crippen molar-refractivity contribution in [2.75, 3.05) is 19.6 Å². The van der Waals surface area contributed by atoms with E-state index in [9.17, 15) is 0 Å². The number of rotatable bonds is 2. The molecule has 19 heavy (non-hydrogen) atoms. The Labute approximate surface area is 120 Å². The van der Waals surface area contributed by atoms with Crippen LogP contribution in [0.3, 0.4) is 0 Å². The van der Waals surface area contributed by atoms with Crippen LogP contribution in [0.5, 0.6) is 0 Å². The van der Waals surface area contributed by atoms with Gasteiger partial charge in [0.05, 0.1) is 0 Å². The number of piperidine rings is 1. The molecule has 4 atom stereocenters. The Bertz CT molecular complexity index is 312. The van der Waals surface area contributed by atoms with Gasteiger partial charge in [0.25, 0.3) is 0 Å². The summed E-state index contributed by atoms with van der Waals surface area (Å²) in [5.74, 6) is 2.50. The second-order valence-corrected chi connectivity index (χ2v) is 8.47. The predicted molar refractivity (Wildman–Crippen MR) is 83.1 cm³/mol. The van der Waals surface area contributed by atoms with E-state index in [-0.39, 0.29) is 5.54 Å². The van der Waals surface area contributed by atoms with Crippen LogP contribution in [0.25, 0.3) is 0 Å². The molecule has 0 aromatic rings.